The van der Waals surface area contributed by atoms with Gasteiger partial charge in [-0.25, -0.2) is 4.98 Å². The van der Waals surface area contributed by atoms with E-state index in [0.29, 0.717) is 12.0 Å². The summed E-state index contributed by atoms with van der Waals surface area (Å²) in [6.45, 7) is 2.30. The molecule has 102 valence electrons. The first kappa shape index (κ1) is 12.5. The Bertz CT molecular complexity index is 590. The molecule has 4 nitrogen and oxygen atoms in total. The van der Waals surface area contributed by atoms with E-state index in [0.717, 1.165) is 35.4 Å². The van der Waals surface area contributed by atoms with Gasteiger partial charge in [0.1, 0.15) is 5.82 Å². The largest absolute Gasteiger partial charge is 0.399 e. The monoisotopic (exact) mass is 259 g/mol. The van der Waals surface area contributed by atoms with Crippen LogP contribution in [0.2, 0.25) is 0 Å². The lowest BCUT2D eigenvalue weighted by atomic mass is 9.84. The van der Waals surface area contributed by atoms with Crippen molar-refractivity contribution in [2.45, 2.75) is 38.6 Å². The number of nitrogen functional groups attached to an aromatic ring is 1. The van der Waals surface area contributed by atoms with Crippen molar-refractivity contribution < 1.29 is 5.11 Å². The first-order chi connectivity index (χ1) is 9.20. The average Bonchev–Trinajstić information content (AvgIpc) is 2.73. The molecule has 2 atom stereocenters. The number of aliphatic hydroxyl groups is 1. The number of fused-ring (bicyclic) bond motifs is 1. The number of benzene rings is 1. The van der Waals surface area contributed by atoms with Crippen LogP contribution in [-0.4, -0.2) is 21.3 Å². The maximum Gasteiger partial charge on any atom is 0.106 e. The number of aryl methyl sites for hydroxylation is 1. The predicted molar refractivity (Wildman–Crippen MR) is 77.0 cm³/mol. The van der Waals surface area contributed by atoms with Crippen LogP contribution in [0.15, 0.2) is 18.2 Å². The highest BCUT2D eigenvalue weighted by Gasteiger charge is 2.28. The van der Waals surface area contributed by atoms with Crippen LogP contribution in [0.3, 0.4) is 0 Å². The number of nitrogens with two attached hydrogens (primary N) is 1. The fraction of sp³-hybridized carbons (Fsp3) is 0.533. The Hall–Kier alpha value is -1.55. The van der Waals surface area contributed by atoms with Crippen molar-refractivity contribution in [3.63, 3.8) is 0 Å². The molecule has 19 heavy (non-hydrogen) atoms. The smallest absolute Gasteiger partial charge is 0.106 e. The number of nitrogens with zero attached hydrogens (tertiary/aromatic N) is 2. The zero-order chi connectivity index (χ0) is 13.4. The lowest BCUT2D eigenvalue weighted by Crippen LogP contribution is -2.26. The maximum atomic E-state index is 9.61. The summed E-state index contributed by atoms with van der Waals surface area (Å²) in [5, 5.41) is 9.61. The van der Waals surface area contributed by atoms with E-state index in [4.69, 9.17) is 5.73 Å². The molecule has 1 fully saturated rings. The van der Waals surface area contributed by atoms with Crippen molar-refractivity contribution in [1.82, 2.24) is 9.55 Å². The number of rotatable bonds is 2. The standard InChI is InChI=1S/C15H21N3O/c1-10-17-13-8-12(16)6-7-15(13)18(10)14-5-3-2-4-11(14)9-19/h6-8,11,14,19H,2-5,9,16H2,1H3. The molecule has 1 heterocycles. The molecule has 1 aromatic heterocycles. The van der Waals surface area contributed by atoms with E-state index in [1.54, 1.807) is 0 Å². The lowest BCUT2D eigenvalue weighted by Gasteiger charge is -2.32. The molecule has 0 amide bonds. The van der Waals surface area contributed by atoms with Gasteiger partial charge in [0.25, 0.3) is 0 Å². The highest BCUT2D eigenvalue weighted by atomic mass is 16.3. The van der Waals surface area contributed by atoms with Gasteiger partial charge in [-0.2, -0.15) is 0 Å². The minimum atomic E-state index is 0.263. The SMILES string of the molecule is Cc1nc2cc(N)ccc2n1C1CCCCC1CO. The Balaban J connectivity index is 2.10. The molecule has 1 saturated carbocycles. The van der Waals surface area contributed by atoms with Gasteiger partial charge in [0.15, 0.2) is 0 Å². The molecule has 0 bridgehead atoms. The van der Waals surface area contributed by atoms with Gasteiger partial charge >= 0.3 is 0 Å². The van der Waals surface area contributed by atoms with Gasteiger partial charge in [-0.1, -0.05) is 12.8 Å². The molecule has 0 aliphatic heterocycles. The Morgan fingerprint density at radius 2 is 2.16 bits per heavy atom. The van der Waals surface area contributed by atoms with E-state index < -0.39 is 0 Å². The van der Waals surface area contributed by atoms with Crippen LogP contribution in [0.1, 0.15) is 37.5 Å². The first-order valence-electron chi connectivity index (χ1n) is 7.05. The second-order valence-electron chi connectivity index (χ2n) is 5.57. The van der Waals surface area contributed by atoms with Crippen molar-refractivity contribution in [1.29, 1.82) is 0 Å². The third-order valence-electron chi connectivity index (χ3n) is 4.33. The maximum absolute atomic E-state index is 9.61. The number of hydrogen-bond acceptors (Lipinski definition) is 3. The number of aliphatic hydroxyl groups excluding tert-OH is 1. The van der Waals surface area contributed by atoms with Crippen molar-refractivity contribution in [3.8, 4) is 0 Å². The van der Waals surface area contributed by atoms with E-state index in [9.17, 15) is 5.11 Å². The van der Waals surface area contributed by atoms with Gasteiger partial charge in [0, 0.05) is 24.3 Å². The Morgan fingerprint density at radius 1 is 1.37 bits per heavy atom. The van der Waals surface area contributed by atoms with Crippen molar-refractivity contribution >= 4 is 16.7 Å². The van der Waals surface area contributed by atoms with Gasteiger partial charge in [-0.15, -0.1) is 0 Å². The predicted octanol–water partition coefficient (Wildman–Crippen LogP) is 2.65. The molecule has 3 N–H and O–H groups in total. The topological polar surface area (TPSA) is 64.1 Å². The Labute approximate surface area is 113 Å². The molecule has 2 aromatic rings. The van der Waals surface area contributed by atoms with Crippen molar-refractivity contribution in [2.24, 2.45) is 5.92 Å². The zero-order valence-electron chi connectivity index (χ0n) is 11.3. The van der Waals surface area contributed by atoms with Gasteiger partial charge in [0.05, 0.1) is 11.0 Å². The molecular weight excluding hydrogens is 238 g/mol. The molecule has 0 spiro atoms. The van der Waals surface area contributed by atoms with Gasteiger partial charge in [-0.05, 0) is 38.0 Å². The summed E-state index contributed by atoms with van der Waals surface area (Å²) < 4.78 is 2.30. The molecule has 1 aliphatic rings. The van der Waals surface area contributed by atoms with Gasteiger partial charge < -0.3 is 15.4 Å². The van der Waals surface area contributed by atoms with E-state index in [1.807, 2.05) is 25.1 Å². The number of anilines is 1. The molecule has 2 unspecified atom stereocenters. The van der Waals surface area contributed by atoms with Crippen LogP contribution in [0.5, 0.6) is 0 Å². The Kier molecular flexibility index (Phi) is 3.19. The third-order valence-corrected chi connectivity index (χ3v) is 4.33. The third kappa shape index (κ3) is 2.10. The fourth-order valence-corrected chi connectivity index (χ4v) is 3.40. The van der Waals surface area contributed by atoms with Crippen LogP contribution in [0.4, 0.5) is 5.69 Å². The zero-order valence-corrected chi connectivity index (χ0v) is 11.3. The van der Waals surface area contributed by atoms with Crippen LogP contribution in [0.25, 0.3) is 11.0 Å². The molecular formula is C15H21N3O. The minimum Gasteiger partial charge on any atom is -0.399 e. The second kappa shape index (κ2) is 4.85. The van der Waals surface area contributed by atoms with E-state index in [1.165, 1.54) is 12.8 Å². The van der Waals surface area contributed by atoms with Crippen LogP contribution in [0, 0.1) is 12.8 Å². The highest BCUT2D eigenvalue weighted by molar-refractivity contribution is 5.79. The molecule has 3 rings (SSSR count). The number of aromatic nitrogens is 2. The second-order valence-corrected chi connectivity index (χ2v) is 5.57. The summed E-state index contributed by atoms with van der Waals surface area (Å²) in [5.41, 5.74) is 8.67. The lowest BCUT2D eigenvalue weighted by molar-refractivity contribution is 0.139. The normalized spacial score (nSPS) is 23.9. The highest BCUT2D eigenvalue weighted by Crippen LogP contribution is 2.36. The molecule has 1 aliphatic carbocycles. The van der Waals surface area contributed by atoms with Crippen LogP contribution >= 0.6 is 0 Å². The van der Waals surface area contributed by atoms with E-state index >= 15 is 0 Å². The van der Waals surface area contributed by atoms with Crippen LogP contribution < -0.4 is 5.73 Å². The first-order valence-corrected chi connectivity index (χ1v) is 7.05. The van der Waals surface area contributed by atoms with Gasteiger partial charge in [0.2, 0.25) is 0 Å². The van der Waals surface area contributed by atoms with Crippen molar-refractivity contribution in [2.75, 3.05) is 12.3 Å². The summed E-state index contributed by atoms with van der Waals surface area (Å²) in [6.07, 6.45) is 4.69. The summed E-state index contributed by atoms with van der Waals surface area (Å²) in [5.74, 6) is 1.37. The van der Waals surface area contributed by atoms with E-state index in [-0.39, 0.29) is 6.61 Å². The Morgan fingerprint density at radius 3 is 2.95 bits per heavy atom. The number of hydrogen-bond donors (Lipinski definition) is 2. The summed E-state index contributed by atoms with van der Waals surface area (Å²) in [6, 6.07) is 6.27. The quantitative estimate of drug-likeness (QED) is 0.815. The van der Waals surface area contributed by atoms with Gasteiger partial charge in [-0.3, -0.25) is 0 Å². The minimum absolute atomic E-state index is 0.263. The van der Waals surface area contributed by atoms with Crippen molar-refractivity contribution in [3.05, 3.63) is 24.0 Å². The molecule has 1 aromatic carbocycles. The summed E-state index contributed by atoms with van der Waals surface area (Å²) in [7, 11) is 0. The summed E-state index contributed by atoms with van der Waals surface area (Å²) in [4.78, 5) is 4.62. The fourth-order valence-electron chi connectivity index (χ4n) is 3.40. The number of imidazole rings is 1. The van der Waals surface area contributed by atoms with Crippen LogP contribution in [-0.2, 0) is 0 Å². The molecule has 0 radical (unpaired) electrons. The summed E-state index contributed by atoms with van der Waals surface area (Å²) >= 11 is 0. The van der Waals surface area contributed by atoms with E-state index in [2.05, 4.69) is 9.55 Å². The molecule has 0 saturated heterocycles. The molecule has 4 heteroatoms. The average molecular weight is 259 g/mol.